The van der Waals surface area contributed by atoms with Crippen LogP contribution in [0.1, 0.15) is 43.6 Å². The highest BCUT2D eigenvalue weighted by atomic mass is 35.5. The minimum Gasteiger partial charge on any atom is -0.457 e. The predicted molar refractivity (Wildman–Crippen MR) is 165 cm³/mol. The average Bonchev–Trinajstić information content (AvgIpc) is 3.74. The van der Waals surface area contributed by atoms with Crippen molar-refractivity contribution in [3.63, 3.8) is 0 Å². The normalized spacial score (nSPS) is 18.0. The molecule has 6 rings (SSSR count). The van der Waals surface area contributed by atoms with Crippen LogP contribution in [0.5, 0.6) is 0 Å². The van der Waals surface area contributed by atoms with E-state index in [2.05, 4.69) is 4.98 Å². The van der Waals surface area contributed by atoms with Crippen LogP contribution in [-0.4, -0.2) is 106 Å². The first-order valence-corrected chi connectivity index (χ1v) is 17.2. The number of ether oxygens (including phenoxy) is 1. The van der Waals surface area contributed by atoms with Gasteiger partial charge in [-0.1, -0.05) is 23.7 Å². The fourth-order valence-electron chi connectivity index (χ4n) is 6.29. The lowest BCUT2D eigenvalue weighted by Crippen LogP contribution is -2.50. The third-order valence-corrected chi connectivity index (χ3v) is 10.8. The maximum absolute atomic E-state index is 13.3. The Balaban J connectivity index is 0.992. The summed E-state index contributed by atoms with van der Waals surface area (Å²) in [6, 6.07) is 9.17. The molecule has 2 fully saturated rings. The lowest BCUT2D eigenvalue weighted by atomic mass is 10.0. The molecule has 2 saturated heterocycles. The number of fused-ring (bicyclic) bond motifs is 2. The zero-order valence-electron chi connectivity index (χ0n) is 25.0. The summed E-state index contributed by atoms with van der Waals surface area (Å²) in [6.45, 7) is 1.58. The number of likely N-dealkylation sites (tertiary alicyclic amines) is 2. The standard InChI is InChI=1S/C31H34ClN5O8S/c32-22-5-3-21-15-25(6-4-20(21)14-22)46(43,44)19-26(38)30(41)35-11-7-23(8-12-35)36-17-24-16-33-27(37(24)31(36)42)18-45-29(40)9-13-34-10-1-2-28(34)39/h3-6,14-16,23,26,38H,1-2,7-13,17-19H2/t26-/m1/s1. The molecule has 3 aliphatic heterocycles. The average molecular weight is 672 g/mol. The number of benzene rings is 2. The van der Waals surface area contributed by atoms with Crippen LogP contribution in [0.25, 0.3) is 10.8 Å². The lowest BCUT2D eigenvalue weighted by Gasteiger charge is -2.37. The summed E-state index contributed by atoms with van der Waals surface area (Å²) in [5.74, 6) is -1.56. The molecule has 4 heterocycles. The van der Waals surface area contributed by atoms with Crippen molar-refractivity contribution >= 4 is 56.0 Å². The second-order valence-electron chi connectivity index (χ2n) is 11.8. The van der Waals surface area contributed by atoms with Crippen molar-refractivity contribution in [3.8, 4) is 0 Å². The zero-order valence-corrected chi connectivity index (χ0v) is 26.6. The molecule has 244 valence electrons. The molecule has 46 heavy (non-hydrogen) atoms. The molecule has 1 aromatic heterocycles. The van der Waals surface area contributed by atoms with Crippen LogP contribution < -0.4 is 0 Å². The quantitative estimate of drug-likeness (QED) is 0.319. The molecule has 13 nitrogen and oxygen atoms in total. The van der Waals surface area contributed by atoms with Gasteiger partial charge < -0.3 is 24.5 Å². The molecular formula is C31H34ClN5O8S. The van der Waals surface area contributed by atoms with E-state index in [1.807, 2.05) is 0 Å². The first kappa shape index (κ1) is 32.0. The second-order valence-corrected chi connectivity index (χ2v) is 14.3. The van der Waals surface area contributed by atoms with Gasteiger partial charge >= 0.3 is 12.0 Å². The van der Waals surface area contributed by atoms with E-state index in [1.54, 1.807) is 40.3 Å². The Morgan fingerprint density at radius 2 is 1.80 bits per heavy atom. The van der Waals surface area contributed by atoms with Gasteiger partial charge in [0.25, 0.3) is 5.91 Å². The number of piperidine rings is 1. The van der Waals surface area contributed by atoms with Crippen molar-refractivity contribution in [1.82, 2.24) is 24.3 Å². The minimum absolute atomic E-state index is 0.00604. The first-order valence-electron chi connectivity index (χ1n) is 15.2. The third kappa shape index (κ3) is 6.60. The smallest absolute Gasteiger partial charge is 0.330 e. The first-order chi connectivity index (χ1) is 22.0. The number of sulfone groups is 1. The highest BCUT2D eigenvalue weighted by Gasteiger charge is 2.38. The minimum atomic E-state index is -3.96. The second kappa shape index (κ2) is 13.0. The van der Waals surface area contributed by atoms with Gasteiger partial charge in [0, 0.05) is 43.7 Å². The molecule has 3 aromatic rings. The molecule has 3 aliphatic rings. The molecule has 0 aliphatic carbocycles. The number of nitrogens with zero attached hydrogens (tertiary/aromatic N) is 5. The van der Waals surface area contributed by atoms with Crippen molar-refractivity contribution in [2.45, 2.75) is 62.3 Å². The Morgan fingerprint density at radius 3 is 2.54 bits per heavy atom. The van der Waals surface area contributed by atoms with Crippen LogP contribution in [0.2, 0.25) is 5.02 Å². The monoisotopic (exact) mass is 671 g/mol. The summed E-state index contributed by atoms with van der Waals surface area (Å²) in [4.78, 5) is 59.4. The highest BCUT2D eigenvalue weighted by Crippen LogP contribution is 2.28. The zero-order chi connectivity index (χ0) is 32.6. The van der Waals surface area contributed by atoms with Crippen LogP contribution in [0, 0.1) is 0 Å². The van der Waals surface area contributed by atoms with Crippen LogP contribution in [0.15, 0.2) is 47.5 Å². The summed E-state index contributed by atoms with van der Waals surface area (Å²) in [5, 5.41) is 12.6. The number of aliphatic hydroxyl groups excluding tert-OH is 1. The van der Waals surface area contributed by atoms with Gasteiger partial charge in [-0.05, 0) is 54.3 Å². The van der Waals surface area contributed by atoms with Gasteiger partial charge in [0.05, 0.1) is 35.5 Å². The maximum Gasteiger partial charge on any atom is 0.330 e. The SMILES string of the molecule is O=C(CCN1CCCC1=O)OCc1ncc2n1C(=O)N(C1CCN(C(=O)[C@H](O)CS(=O)(=O)c3ccc4cc(Cl)ccc4c3)CC1)C2. The summed E-state index contributed by atoms with van der Waals surface area (Å²) in [6.07, 6.45) is 2.09. The van der Waals surface area contributed by atoms with Crippen molar-refractivity contribution in [2.24, 2.45) is 0 Å². The topological polar surface area (TPSA) is 159 Å². The van der Waals surface area contributed by atoms with Gasteiger partial charge in [-0.15, -0.1) is 0 Å². The van der Waals surface area contributed by atoms with E-state index in [9.17, 15) is 32.7 Å². The summed E-state index contributed by atoms with van der Waals surface area (Å²) in [7, 11) is -3.96. The number of hydrogen-bond acceptors (Lipinski definition) is 9. The van der Waals surface area contributed by atoms with Gasteiger partial charge in [-0.3, -0.25) is 14.4 Å². The molecule has 1 N–H and O–H groups in total. The molecule has 3 amide bonds. The van der Waals surface area contributed by atoms with Crippen molar-refractivity contribution in [1.29, 1.82) is 0 Å². The predicted octanol–water partition coefficient (Wildman–Crippen LogP) is 2.35. The molecule has 1 atom stereocenters. The fourth-order valence-corrected chi connectivity index (χ4v) is 7.80. The molecule has 0 radical (unpaired) electrons. The largest absolute Gasteiger partial charge is 0.457 e. The Hall–Kier alpha value is -4.01. The molecule has 15 heteroatoms. The van der Waals surface area contributed by atoms with E-state index in [4.69, 9.17) is 16.3 Å². The number of carbonyl (C=O) groups excluding carboxylic acids is 4. The molecule has 0 unspecified atom stereocenters. The highest BCUT2D eigenvalue weighted by molar-refractivity contribution is 7.91. The van der Waals surface area contributed by atoms with Crippen molar-refractivity contribution in [2.75, 3.05) is 31.9 Å². The van der Waals surface area contributed by atoms with E-state index in [0.29, 0.717) is 60.8 Å². The van der Waals surface area contributed by atoms with Crippen molar-refractivity contribution < 1.29 is 37.4 Å². The van der Waals surface area contributed by atoms with Crippen LogP contribution in [-0.2, 0) is 42.1 Å². The number of amides is 3. The number of aliphatic hydroxyl groups is 1. The third-order valence-electron chi connectivity index (χ3n) is 8.81. The summed E-state index contributed by atoms with van der Waals surface area (Å²) >= 11 is 6.01. The van der Waals surface area contributed by atoms with Gasteiger partial charge in [0.2, 0.25) is 5.91 Å². The van der Waals surface area contributed by atoms with Gasteiger partial charge in [-0.2, -0.15) is 0 Å². The molecule has 2 aromatic carbocycles. The van der Waals surface area contributed by atoms with Crippen LogP contribution >= 0.6 is 11.6 Å². The molecule has 0 bridgehead atoms. The number of carbonyl (C=O) groups is 4. The number of aromatic nitrogens is 2. The fraction of sp³-hybridized carbons (Fsp3) is 0.452. The number of hydrogen-bond donors (Lipinski definition) is 1. The van der Waals surface area contributed by atoms with E-state index in [1.165, 1.54) is 21.6 Å². The van der Waals surface area contributed by atoms with Crippen LogP contribution in [0.3, 0.4) is 0 Å². The van der Waals surface area contributed by atoms with Crippen molar-refractivity contribution in [3.05, 3.63) is 59.1 Å². The van der Waals surface area contributed by atoms with E-state index in [0.717, 1.165) is 11.8 Å². The summed E-state index contributed by atoms with van der Waals surface area (Å²) < 4.78 is 32.9. The maximum atomic E-state index is 13.3. The van der Waals surface area contributed by atoms with Gasteiger partial charge in [-0.25, -0.2) is 22.8 Å². The van der Waals surface area contributed by atoms with Crippen LogP contribution in [0.4, 0.5) is 4.79 Å². The number of imidazole rings is 1. The molecular weight excluding hydrogens is 638 g/mol. The Bertz CT molecular complexity index is 1800. The Labute approximate surface area is 270 Å². The lowest BCUT2D eigenvalue weighted by molar-refractivity contribution is -0.146. The molecule has 0 saturated carbocycles. The Morgan fingerprint density at radius 1 is 1.07 bits per heavy atom. The number of rotatable bonds is 10. The number of halogens is 1. The van der Waals surface area contributed by atoms with Gasteiger partial charge in [0.1, 0.15) is 12.7 Å². The molecule has 0 spiro atoms. The van der Waals surface area contributed by atoms with E-state index in [-0.39, 0.29) is 49.0 Å². The van der Waals surface area contributed by atoms with Gasteiger partial charge in [0.15, 0.2) is 15.7 Å². The van der Waals surface area contributed by atoms with E-state index >= 15 is 0 Å². The Kier molecular flexibility index (Phi) is 9.03. The van der Waals surface area contributed by atoms with E-state index < -0.39 is 33.6 Å². The number of esters is 1. The summed E-state index contributed by atoms with van der Waals surface area (Å²) in [5.41, 5.74) is 0.662.